The Morgan fingerprint density at radius 3 is 2.77 bits per heavy atom. The maximum atomic E-state index is 12.8. The van der Waals surface area contributed by atoms with E-state index in [2.05, 4.69) is 10.6 Å². The van der Waals surface area contributed by atoms with Crippen LogP contribution in [0.4, 0.5) is 18.9 Å². The van der Waals surface area contributed by atoms with Crippen LogP contribution in [0.15, 0.2) is 18.2 Å². The Morgan fingerprint density at radius 1 is 1.31 bits per heavy atom. The smallest absolute Gasteiger partial charge is 0.323 e. The standard InChI is InChI=1S/C17H19ClF3N3O2/c18-12-6-5-10(17(19,20)21)7-14(12)23-15(25)8-24-9-22-13-4-2-1-3-11(13)16(24)26/h5-7,11,13,22H,1-4,8-9H2,(H,23,25). The van der Waals surface area contributed by atoms with Crippen molar-refractivity contribution in [1.82, 2.24) is 10.2 Å². The fourth-order valence-electron chi connectivity index (χ4n) is 3.50. The molecule has 0 bridgehead atoms. The molecule has 2 N–H and O–H groups in total. The van der Waals surface area contributed by atoms with Gasteiger partial charge in [-0.05, 0) is 31.0 Å². The van der Waals surface area contributed by atoms with Gasteiger partial charge >= 0.3 is 6.18 Å². The third kappa shape index (κ3) is 4.12. The highest BCUT2D eigenvalue weighted by Crippen LogP contribution is 2.34. The minimum atomic E-state index is -4.53. The largest absolute Gasteiger partial charge is 0.416 e. The van der Waals surface area contributed by atoms with Crippen LogP contribution in [0.3, 0.4) is 0 Å². The molecule has 0 spiro atoms. The lowest BCUT2D eigenvalue weighted by Crippen LogP contribution is -2.59. The highest BCUT2D eigenvalue weighted by atomic mass is 35.5. The number of carbonyl (C=O) groups excluding carboxylic acids is 2. The number of anilines is 1. The summed E-state index contributed by atoms with van der Waals surface area (Å²) in [6.45, 7) is 0.0192. The molecule has 1 aliphatic carbocycles. The number of nitrogens with one attached hydrogen (secondary N) is 2. The molecule has 1 aromatic carbocycles. The van der Waals surface area contributed by atoms with Gasteiger partial charge in [0.15, 0.2) is 0 Å². The number of nitrogens with zero attached hydrogens (tertiary/aromatic N) is 1. The lowest BCUT2D eigenvalue weighted by atomic mass is 9.82. The molecule has 2 amide bonds. The number of fused-ring (bicyclic) bond motifs is 1. The van der Waals surface area contributed by atoms with Crippen molar-refractivity contribution in [3.8, 4) is 0 Å². The maximum Gasteiger partial charge on any atom is 0.416 e. The summed E-state index contributed by atoms with van der Waals surface area (Å²) >= 11 is 5.88. The molecule has 2 fully saturated rings. The van der Waals surface area contributed by atoms with E-state index >= 15 is 0 Å². The predicted octanol–water partition coefficient (Wildman–Crippen LogP) is 3.25. The van der Waals surface area contributed by atoms with Crippen LogP contribution in [0.5, 0.6) is 0 Å². The summed E-state index contributed by atoms with van der Waals surface area (Å²) in [5, 5.41) is 5.63. The van der Waals surface area contributed by atoms with Crippen molar-refractivity contribution in [3.05, 3.63) is 28.8 Å². The normalized spacial score (nSPS) is 23.5. The Morgan fingerprint density at radius 2 is 2.04 bits per heavy atom. The van der Waals surface area contributed by atoms with Crippen molar-refractivity contribution < 1.29 is 22.8 Å². The molecule has 142 valence electrons. The number of hydrogen-bond donors (Lipinski definition) is 2. The third-order valence-corrected chi connectivity index (χ3v) is 5.17. The molecule has 0 aromatic heterocycles. The van der Waals surface area contributed by atoms with Gasteiger partial charge in [-0.1, -0.05) is 24.4 Å². The van der Waals surface area contributed by atoms with E-state index in [0.29, 0.717) is 0 Å². The van der Waals surface area contributed by atoms with Gasteiger partial charge in [0.25, 0.3) is 0 Å². The van der Waals surface area contributed by atoms with Crippen LogP contribution in [0.2, 0.25) is 5.02 Å². The number of amides is 2. The average molecular weight is 390 g/mol. The molecule has 1 heterocycles. The SMILES string of the molecule is O=C(CN1CNC2CCCCC2C1=O)Nc1cc(C(F)(F)F)ccc1Cl. The second-order valence-corrected chi connectivity index (χ2v) is 7.04. The zero-order chi connectivity index (χ0) is 18.9. The Balaban J connectivity index is 1.65. The van der Waals surface area contributed by atoms with E-state index in [-0.39, 0.29) is 41.8 Å². The summed E-state index contributed by atoms with van der Waals surface area (Å²) in [4.78, 5) is 26.2. The summed E-state index contributed by atoms with van der Waals surface area (Å²) in [5.74, 6) is -0.809. The molecule has 2 aliphatic rings. The summed E-state index contributed by atoms with van der Waals surface area (Å²) in [7, 11) is 0. The second-order valence-electron chi connectivity index (χ2n) is 6.64. The monoisotopic (exact) mass is 389 g/mol. The van der Waals surface area contributed by atoms with Gasteiger partial charge < -0.3 is 10.2 Å². The number of benzene rings is 1. The number of alkyl halides is 3. The van der Waals surface area contributed by atoms with Crippen LogP contribution in [0.25, 0.3) is 0 Å². The van der Waals surface area contributed by atoms with E-state index in [1.54, 1.807) is 0 Å². The van der Waals surface area contributed by atoms with Crippen molar-refractivity contribution >= 4 is 29.1 Å². The third-order valence-electron chi connectivity index (χ3n) is 4.84. The van der Waals surface area contributed by atoms with Gasteiger partial charge in [0, 0.05) is 6.04 Å². The summed E-state index contributed by atoms with van der Waals surface area (Å²) in [5.41, 5.74) is -1.03. The van der Waals surface area contributed by atoms with Crippen LogP contribution < -0.4 is 10.6 Å². The van der Waals surface area contributed by atoms with Gasteiger partial charge in [0.2, 0.25) is 11.8 Å². The molecule has 26 heavy (non-hydrogen) atoms. The Bertz CT molecular complexity index is 711. The first-order valence-corrected chi connectivity index (χ1v) is 8.82. The minimum absolute atomic E-state index is 0.00166. The summed E-state index contributed by atoms with van der Waals surface area (Å²) in [6.07, 6.45) is -0.748. The first-order chi connectivity index (χ1) is 12.3. The van der Waals surface area contributed by atoms with Gasteiger partial charge in [-0.3, -0.25) is 14.9 Å². The fraction of sp³-hybridized carbons (Fsp3) is 0.529. The molecule has 1 aromatic rings. The van der Waals surface area contributed by atoms with Gasteiger partial charge in [-0.2, -0.15) is 13.2 Å². The van der Waals surface area contributed by atoms with E-state index in [4.69, 9.17) is 11.6 Å². The molecule has 1 saturated carbocycles. The molecule has 1 aliphatic heterocycles. The maximum absolute atomic E-state index is 12.8. The highest BCUT2D eigenvalue weighted by Gasteiger charge is 2.38. The Labute approximate surface area is 153 Å². The Kier molecular flexibility index (Phi) is 5.43. The van der Waals surface area contributed by atoms with Crippen molar-refractivity contribution in [2.45, 2.75) is 37.9 Å². The Hall–Kier alpha value is -1.80. The second kappa shape index (κ2) is 7.44. The van der Waals surface area contributed by atoms with Gasteiger partial charge in [0.05, 0.1) is 28.9 Å². The van der Waals surface area contributed by atoms with Crippen molar-refractivity contribution in [2.24, 2.45) is 5.92 Å². The number of rotatable bonds is 3. The zero-order valence-electron chi connectivity index (χ0n) is 13.9. The summed E-state index contributed by atoms with van der Waals surface area (Å²) < 4.78 is 38.4. The van der Waals surface area contributed by atoms with Crippen LogP contribution in [-0.4, -0.2) is 36.0 Å². The van der Waals surface area contributed by atoms with E-state index in [9.17, 15) is 22.8 Å². The predicted molar refractivity (Wildman–Crippen MR) is 90.5 cm³/mol. The quantitative estimate of drug-likeness (QED) is 0.834. The van der Waals surface area contributed by atoms with Gasteiger partial charge in [-0.25, -0.2) is 0 Å². The van der Waals surface area contributed by atoms with E-state index in [1.165, 1.54) is 4.90 Å². The molecule has 1 saturated heterocycles. The van der Waals surface area contributed by atoms with Crippen LogP contribution in [0, 0.1) is 5.92 Å². The van der Waals surface area contributed by atoms with E-state index in [0.717, 1.165) is 43.9 Å². The first-order valence-electron chi connectivity index (χ1n) is 8.44. The summed E-state index contributed by atoms with van der Waals surface area (Å²) in [6, 6.07) is 2.86. The zero-order valence-corrected chi connectivity index (χ0v) is 14.7. The van der Waals surface area contributed by atoms with Gasteiger partial charge in [0.1, 0.15) is 6.54 Å². The molecule has 2 atom stereocenters. The molecule has 2 unspecified atom stereocenters. The van der Waals surface area contributed by atoms with Crippen LogP contribution >= 0.6 is 11.6 Å². The number of carbonyl (C=O) groups is 2. The van der Waals surface area contributed by atoms with E-state index < -0.39 is 17.6 Å². The van der Waals surface area contributed by atoms with Crippen molar-refractivity contribution in [1.29, 1.82) is 0 Å². The average Bonchev–Trinajstić information content (AvgIpc) is 2.58. The fourth-order valence-corrected chi connectivity index (χ4v) is 3.67. The molecular formula is C17H19ClF3N3O2. The lowest BCUT2D eigenvalue weighted by Gasteiger charge is -2.40. The topological polar surface area (TPSA) is 61.4 Å². The molecule has 0 radical (unpaired) electrons. The first kappa shape index (κ1) is 19.0. The molecule has 9 heteroatoms. The molecule has 3 rings (SSSR count). The number of hydrogen-bond acceptors (Lipinski definition) is 3. The lowest BCUT2D eigenvalue weighted by molar-refractivity contribution is -0.144. The molecule has 5 nitrogen and oxygen atoms in total. The van der Waals surface area contributed by atoms with Crippen molar-refractivity contribution in [2.75, 3.05) is 18.5 Å². The van der Waals surface area contributed by atoms with Crippen LogP contribution in [-0.2, 0) is 15.8 Å². The highest BCUT2D eigenvalue weighted by molar-refractivity contribution is 6.33. The van der Waals surface area contributed by atoms with E-state index in [1.807, 2.05) is 0 Å². The molecular weight excluding hydrogens is 371 g/mol. The minimum Gasteiger partial charge on any atom is -0.323 e. The van der Waals surface area contributed by atoms with Crippen LogP contribution in [0.1, 0.15) is 31.2 Å². The number of halogens is 4. The van der Waals surface area contributed by atoms with Crippen molar-refractivity contribution in [3.63, 3.8) is 0 Å². The van der Waals surface area contributed by atoms with Gasteiger partial charge in [-0.15, -0.1) is 0 Å².